The Morgan fingerprint density at radius 3 is 2.06 bits per heavy atom. The van der Waals surface area contributed by atoms with Gasteiger partial charge in [0.2, 0.25) is 21.8 Å². The van der Waals surface area contributed by atoms with Crippen LogP contribution < -0.4 is 9.62 Å². The molecule has 0 heterocycles. The molecule has 1 N–H and O–H groups in total. The van der Waals surface area contributed by atoms with Crippen molar-refractivity contribution in [3.63, 3.8) is 0 Å². The number of nitrogens with zero attached hydrogens (tertiary/aromatic N) is 2. The van der Waals surface area contributed by atoms with Gasteiger partial charge in [-0.3, -0.25) is 13.9 Å². The van der Waals surface area contributed by atoms with Crippen LogP contribution in [0.2, 0.25) is 0 Å². The SMILES string of the molecule is CC(C)c1ccc(N(CC(=O)N(Cc2ccccc2F)C(C)C(=O)NC(C)(C)C)S(C)(=O)=O)cc1. The van der Waals surface area contributed by atoms with E-state index in [1.807, 2.05) is 46.8 Å². The maximum Gasteiger partial charge on any atom is 0.244 e. The molecule has 0 saturated heterocycles. The van der Waals surface area contributed by atoms with Gasteiger partial charge in [-0.15, -0.1) is 0 Å². The second-order valence-corrected chi connectivity index (χ2v) is 12.0. The van der Waals surface area contributed by atoms with Crippen LogP contribution in [-0.2, 0) is 26.2 Å². The van der Waals surface area contributed by atoms with Gasteiger partial charge in [-0.25, -0.2) is 12.8 Å². The fraction of sp³-hybridized carbons (Fsp3) is 0.462. The second kappa shape index (κ2) is 11.2. The molecule has 192 valence electrons. The Balaban J connectivity index is 2.42. The third-order valence-electron chi connectivity index (χ3n) is 5.49. The molecule has 35 heavy (non-hydrogen) atoms. The van der Waals surface area contributed by atoms with Crippen LogP contribution in [0.25, 0.3) is 0 Å². The van der Waals surface area contributed by atoms with Crippen LogP contribution in [0.5, 0.6) is 0 Å². The lowest BCUT2D eigenvalue weighted by molar-refractivity contribution is -0.140. The molecule has 0 aliphatic heterocycles. The largest absolute Gasteiger partial charge is 0.350 e. The zero-order chi connectivity index (χ0) is 26.6. The summed E-state index contributed by atoms with van der Waals surface area (Å²) in [6.45, 7) is 10.3. The van der Waals surface area contributed by atoms with E-state index in [2.05, 4.69) is 5.32 Å². The summed E-state index contributed by atoms with van der Waals surface area (Å²) >= 11 is 0. The minimum Gasteiger partial charge on any atom is -0.350 e. The van der Waals surface area contributed by atoms with E-state index >= 15 is 0 Å². The van der Waals surface area contributed by atoms with E-state index in [4.69, 9.17) is 0 Å². The third-order valence-corrected chi connectivity index (χ3v) is 6.63. The molecule has 2 aromatic rings. The van der Waals surface area contributed by atoms with Gasteiger partial charge in [0.05, 0.1) is 11.9 Å². The fourth-order valence-corrected chi connectivity index (χ4v) is 4.36. The number of benzene rings is 2. The first-order valence-corrected chi connectivity index (χ1v) is 13.4. The first kappa shape index (κ1) is 28.3. The van der Waals surface area contributed by atoms with Crippen molar-refractivity contribution in [2.75, 3.05) is 17.1 Å². The van der Waals surface area contributed by atoms with Gasteiger partial charge in [-0.1, -0.05) is 44.2 Å². The van der Waals surface area contributed by atoms with Gasteiger partial charge in [0.25, 0.3) is 0 Å². The number of carbonyl (C=O) groups excluding carboxylic acids is 2. The van der Waals surface area contributed by atoms with Gasteiger partial charge in [0, 0.05) is 17.6 Å². The van der Waals surface area contributed by atoms with Crippen LogP contribution in [0.1, 0.15) is 58.6 Å². The topological polar surface area (TPSA) is 86.8 Å². The van der Waals surface area contributed by atoms with Crippen LogP contribution in [-0.4, -0.2) is 49.5 Å². The summed E-state index contributed by atoms with van der Waals surface area (Å²) in [5, 5.41) is 2.83. The Morgan fingerprint density at radius 2 is 1.57 bits per heavy atom. The van der Waals surface area contributed by atoms with Crippen LogP contribution in [0.4, 0.5) is 10.1 Å². The van der Waals surface area contributed by atoms with E-state index in [1.165, 1.54) is 23.1 Å². The molecule has 9 heteroatoms. The Bertz CT molecular complexity index is 1140. The average molecular weight is 506 g/mol. The molecule has 1 unspecified atom stereocenters. The quantitative estimate of drug-likeness (QED) is 0.557. The summed E-state index contributed by atoms with van der Waals surface area (Å²) in [6.07, 6.45) is 1.02. The van der Waals surface area contributed by atoms with E-state index in [0.29, 0.717) is 5.69 Å². The maximum atomic E-state index is 14.4. The highest BCUT2D eigenvalue weighted by atomic mass is 32.2. The van der Waals surface area contributed by atoms with Crippen molar-refractivity contribution >= 4 is 27.5 Å². The van der Waals surface area contributed by atoms with Crippen molar-refractivity contribution in [3.05, 3.63) is 65.5 Å². The molecule has 1 atom stereocenters. The molecule has 0 fully saturated rings. The van der Waals surface area contributed by atoms with Crippen molar-refractivity contribution in [1.82, 2.24) is 10.2 Å². The molecule has 0 bridgehead atoms. The molecule has 2 rings (SSSR count). The molecule has 0 aliphatic rings. The first-order chi connectivity index (χ1) is 16.1. The van der Waals surface area contributed by atoms with E-state index in [9.17, 15) is 22.4 Å². The summed E-state index contributed by atoms with van der Waals surface area (Å²) in [5.41, 5.74) is 1.04. The highest BCUT2D eigenvalue weighted by Crippen LogP contribution is 2.23. The molecule has 0 radical (unpaired) electrons. The lowest BCUT2D eigenvalue weighted by Gasteiger charge is -2.33. The number of sulfonamides is 1. The molecule has 2 aromatic carbocycles. The van der Waals surface area contributed by atoms with E-state index in [1.54, 1.807) is 25.1 Å². The highest BCUT2D eigenvalue weighted by molar-refractivity contribution is 7.92. The van der Waals surface area contributed by atoms with Gasteiger partial charge in [0.1, 0.15) is 18.4 Å². The van der Waals surface area contributed by atoms with Crippen LogP contribution in [0.3, 0.4) is 0 Å². The number of carbonyl (C=O) groups is 2. The lowest BCUT2D eigenvalue weighted by atomic mass is 10.0. The van der Waals surface area contributed by atoms with Crippen molar-refractivity contribution in [1.29, 1.82) is 0 Å². The minimum absolute atomic E-state index is 0.186. The monoisotopic (exact) mass is 505 g/mol. The number of hydrogen-bond donors (Lipinski definition) is 1. The Morgan fingerprint density at radius 1 is 1.00 bits per heavy atom. The Kier molecular flexibility index (Phi) is 9.06. The van der Waals surface area contributed by atoms with Crippen molar-refractivity contribution in [2.45, 2.75) is 65.6 Å². The standard InChI is InChI=1S/C26H36FN3O4S/c1-18(2)20-12-14-22(15-13-20)30(35(7,33)34)17-24(31)29(16-21-10-8-9-11-23(21)27)19(3)25(32)28-26(4,5)6/h8-15,18-19H,16-17H2,1-7H3,(H,28,32). The molecular weight excluding hydrogens is 469 g/mol. The minimum atomic E-state index is -3.82. The van der Waals surface area contributed by atoms with Gasteiger partial charge >= 0.3 is 0 Å². The van der Waals surface area contributed by atoms with Crippen molar-refractivity contribution < 1.29 is 22.4 Å². The fourth-order valence-electron chi connectivity index (χ4n) is 3.51. The van der Waals surface area contributed by atoms with Gasteiger partial charge in [-0.05, 0) is 57.4 Å². The highest BCUT2D eigenvalue weighted by Gasteiger charge is 2.31. The second-order valence-electron chi connectivity index (χ2n) is 10.0. The smallest absolute Gasteiger partial charge is 0.244 e. The van der Waals surface area contributed by atoms with Gasteiger partial charge in [-0.2, -0.15) is 0 Å². The predicted molar refractivity (Wildman–Crippen MR) is 137 cm³/mol. The summed E-state index contributed by atoms with van der Waals surface area (Å²) in [6, 6.07) is 12.0. The molecule has 0 aromatic heterocycles. The number of hydrogen-bond acceptors (Lipinski definition) is 4. The van der Waals surface area contributed by atoms with E-state index in [-0.39, 0.29) is 18.0 Å². The zero-order valence-electron chi connectivity index (χ0n) is 21.5. The number of halogens is 1. The van der Waals surface area contributed by atoms with Crippen LogP contribution in [0.15, 0.2) is 48.5 Å². The molecule has 7 nitrogen and oxygen atoms in total. The summed E-state index contributed by atoms with van der Waals surface area (Å²) in [4.78, 5) is 27.6. The predicted octanol–water partition coefficient (Wildman–Crippen LogP) is 4.05. The lowest BCUT2D eigenvalue weighted by Crippen LogP contribution is -2.54. The van der Waals surface area contributed by atoms with Crippen LogP contribution >= 0.6 is 0 Å². The number of nitrogens with one attached hydrogen (secondary N) is 1. The van der Waals surface area contributed by atoms with Crippen LogP contribution in [0, 0.1) is 5.82 Å². The third kappa shape index (κ3) is 8.06. The molecule has 0 spiro atoms. The Labute approximate surface area is 208 Å². The van der Waals surface area contributed by atoms with Gasteiger partial charge in [0.15, 0.2) is 0 Å². The normalized spacial score (nSPS) is 12.8. The number of amides is 2. The summed E-state index contributed by atoms with van der Waals surface area (Å²) in [7, 11) is -3.82. The number of anilines is 1. The van der Waals surface area contributed by atoms with E-state index < -0.39 is 45.8 Å². The van der Waals surface area contributed by atoms with Gasteiger partial charge < -0.3 is 10.2 Å². The molecule has 2 amide bonds. The molecular formula is C26H36FN3O4S. The summed E-state index contributed by atoms with van der Waals surface area (Å²) < 4.78 is 40.7. The average Bonchev–Trinajstić information content (AvgIpc) is 2.74. The molecule has 0 saturated carbocycles. The zero-order valence-corrected chi connectivity index (χ0v) is 22.3. The summed E-state index contributed by atoms with van der Waals surface area (Å²) in [5.74, 6) is -1.30. The number of rotatable bonds is 9. The maximum absolute atomic E-state index is 14.4. The van der Waals surface area contributed by atoms with Crippen molar-refractivity contribution in [2.24, 2.45) is 0 Å². The van der Waals surface area contributed by atoms with E-state index in [0.717, 1.165) is 16.1 Å². The Hall–Kier alpha value is -2.94. The van der Waals surface area contributed by atoms with Crippen molar-refractivity contribution in [3.8, 4) is 0 Å². The first-order valence-electron chi connectivity index (χ1n) is 11.5. The molecule has 0 aliphatic carbocycles.